The summed E-state index contributed by atoms with van der Waals surface area (Å²) in [5, 5.41) is 0. The Morgan fingerprint density at radius 2 is 1.00 bits per heavy atom. The van der Waals surface area contributed by atoms with Gasteiger partial charge in [-0.3, -0.25) is 9.59 Å². The molecule has 48 heavy (non-hydrogen) atoms. The van der Waals surface area contributed by atoms with E-state index in [4.69, 9.17) is 15.7 Å². The van der Waals surface area contributed by atoms with E-state index in [0.29, 0.717) is 19.6 Å². The highest BCUT2D eigenvalue weighted by atomic mass is 19.1. The average molecular weight is 660 g/mol. The highest BCUT2D eigenvalue weighted by Gasteiger charge is 2.44. The number of carbonyl (C=O) groups is 2. The Morgan fingerprint density at radius 1 is 0.646 bits per heavy atom. The van der Waals surface area contributed by atoms with Crippen molar-refractivity contribution in [3.05, 3.63) is 84.2 Å². The van der Waals surface area contributed by atoms with Crippen molar-refractivity contribution >= 4 is 11.8 Å². The van der Waals surface area contributed by atoms with Crippen molar-refractivity contribution in [1.82, 2.24) is 28.9 Å². The van der Waals surface area contributed by atoms with Gasteiger partial charge in [-0.25, -0.2) is 18.7 Å². The number of aromatic nitrogens is 4. The van der Waals surface area contributed by atoms with E-state index in [0.717, 1.165) is 40.7 Å². The summed E-state index contributed by atoms with van der Waals surface area (Å²) in [7, 11) is 0. The molecule has 2 aliphatic rings. The SMILES string of the molecule is CC(C)(C)C(=O)N1CCn2cc(-c3ccc(F)cc3)nc2C1(C)C.CC(C)(N)C(=O)N1CCn2cc(-c3ccc(F)cc3)nc2C1(C)C. The van der Waals surface area contributed by atoms with Crippen LogP contribution in [-0.2, 0) is 33.8 Å². The number of fused-ring (bicyclic) bond motifs is 2. The van der Waals surface area contributed by atoms with Crippen LogP contribution in [0, 0.1) is 17.0 Å². The minimum atomic E-state index is -0.925. The zero-order valence-corrected chi connectivity index (χ0v) is 29.4. The van der Waals surface area contributed by atoms with Gasteiger partial charge in [-0.1, -0.05) is 20.8 Å². The van der Waals surface area contributed by atoms with E-state index < -0.39 is 22.0 Å². The van der Waals surface area contributed by atoms with Gasteiger partial charge in [-0.05, 0) is 90.1 Å². The number of hydrogen-bond acceptors (Lipinski definition) is 5. The molecule has 0 radical (unpaired) electrons. The van der Waals surface area contributed by atoms with E-state index in [1.54, 1.807) is 43.0 Å². The number of rotatable bonds is 3. The number of halogens is 2. The summed E-state index contributed by atoms with van der Waals surface area (Å²) in [5.41, 5.74) is 6.92. The normalized spacial score (nSPS) is 16.8. The van der Waals surface area contributed by atoms with Crippen molar-refractivity contribution in [2.75, 3.05) is 13.1 Å². The van der Waals surface area contributed by atoms with Gasteiger partial charge in [0.25, 0.3) is 0 Å². The standard InChI is InChI=1S/C19H24FN3O.C18H23FN4O/c1-18(2,3)17(24)23-11-10-22-12-15(21-16(22)19(23,4)5)13-6-8-14(20)9-7-13;1-17(2,20)16(24)23-10-9-22-11-14(21-15(22)18(23,3)4)12-5-7-13(19)8-6-12/h6-9,12H,10-11H2,1-5H3;5-8,11H,9-10,20H2,1-4H3. The van der Waals surface area contributed by atoms with Crippen LogP contribution < -0.4 is 5.73 Å². The van der Waals surface area contributed by atoms with E-state index in [1.807, 2.05) is 65.8 Å². The number of hydrogen-bond donors (Lipinski definition) is 1. The average Bonchev–Trinajstić information content (AvgIpc) is 3.64. The second-order valence-corrected chi connectivity index (χ2v) is 15.3. The fourth-order valence-electron chi connectivity index (χ4n) is 6.35. The second-order valence-electron chi connectivity index (χ2n) is 15.3. The van der Waals surface area contributed by atoms with E-state index in [2.05, 4.69) is 9.13 Å². The van der Waals surface area contributed by atoms with Crippen LogP contribution in [0.3, 0.4) is 0 Å². The molecule has 256 valence electrons. The molecule has 9 nitrogen and oxygen atoms in total. The van der Waals surface area contributed by atoms with Crippen LogP contribution in [0.2, 0.25) is 0 Å². The van der Waals surface area contributed by atoms with Gasteiger partial charge in [0.1, 0.15) is 23.3 Å². The molecule has 0 saturated carbocycles. The first-order valence-corrected chi connectivity index (χ1v) is 16.3. The van der Waals surface area contributed by atoms with Crippen LogP contribution in [0.25, 0.3) is 22.5 Å². The number of nitrogens with two attached hydrogens (primary N) is 1. The van der Waals surface area contributed by atoms with Gasteiger partial charge in [0.05, 0.1) is 28.0 Å². The Labute approximate surface area is 281 Å². The molecule has 0 atom stereocenters. The summed E-state index contributed by atoms with van der Waals surface area (Å²) >= 11 is 0. The predicted molar refractivity (Wildman–Crippen MR) is 182 cm³/mol. The number of benzene rings is 2. The molecule has 2 N–H and O–H groups in total. The van der Waals surface area contributed by atoms with Gasteiger partial charge in [0.2, 0.25) is 11.8 Å². The van der Waals surface area contributed by atoms with E-state index >= 15 is 0 Å². The van der Waals surface area contributed by atoms with Crippen molar-refractivity contribution in [2.45, 2.75) is 92.0 Å². The maximum atomic E-state index is 13.1. The van der Waals surface area contributed by atoms with Crippen molar-refractivity contribution in [1.29, 1.82) is 0 Å². The van der Waals surface area contributed by atoms with E-state index in [-0.39, 0.29) is 23.4 Å². The molecule has 6 rings (SSSR count). The molecule has 0 spiro atoms. The minimum Gasteiger partial charge on any atom is -0.331 e. The Balaban J connectivity index is 0.000000188. The third kappa shape index (κ3) is 6.65. The first kappa shape index (κ1) is 34.9. The molecule has 0 unspecified atom stereocenters. The van der Waals surface area contributed by atoms with Crippen molar-refractivity contribution < 1.29 is 18.4 Å². The quantitative estimate of drug-likeness (QED) is 0.278. The van der Waals surface area contributed by atoms with Crippen molar-refractivity contribution in [3.63, 3.8) is 0 Å². The lowest BCUT2D eigenvalue weighted by molar-refractivity contribution is -0.147. The number of imidazole rings is 2. The Morgan fingerprint density at radius 3 is 1.33 bits per heavy atom. The molecular weight excluding hydrogens is 612 g/mol. The maximum absolute atomic E-state index is 13.1. The molecule has 2 aromatic heterocycles. The maximum Gasteiger partial charge on any atom is 0.242 e. The van der Waals surface area contributed by atoms with Crippen LogP contribution in [0.15, 0.2) is 60.9 Å². The first-order valence-electron chi connectivity index (χ1n) is 16.3. The van der Waals surface area contributed by atoms with Crippen LogP contribution >= 0.6 is 0 Å². The summed E-state index contributed by atoms with van der Waals surface area (Å²) in [6.45, 7) is 19.9. The molecule has 11 heteroatoms. The van der Waals surface area contributed by atoms with Crippen LogP contribution in [-0.4, -0.2) is 59.3 Å². The predicted octanol–water partition coefficient (Wildman–Crippen LogP) is 6.32. The summed E-state index contributed by atoms with van der Waals surface area (Å²) in [6.07, 6.45) is 3.95. The Kier molecular flexibility index (Phi) is 8.92. The molecule has 0 saturated heterocycles. The topological polar surface area (TPSA) is 102 Å². The molecule has 4 aromatic rings. The molecule has 0 bridgehead atoms. The molecule has 2 amide bonds. The lowest BCUT2D eigenvalue weighted by Gasteiger charge is -2.44. The van der Waals surface area contributed by atoms with Gasteiger partial charge in [-0.2, -0.15) is 0 Å². The lowest BCUT2D eigenvalue weighted by Crippen LogP contribution is -2.59. The van der Waals surface area contributed by atoms with Gasteiger partial charge >= 0.3 is 0 Å². The van der Waals surface area contributed by atoms with Gasteiger partial charge in [0, 0.05) is 55.1 Å². The molecule has 4 heterocycles. The highest BCUT2D eigenvalue weighted by Crippen LogP contribution is 2.37. The fraction of sp³-hybridized carbons (Fsp3) is 0.459. The van der Waals surface area contributed by atoms with Crippen molar-refractivity contribution in [2.24, 2.45) is 11.1 Å². The van der Waals surface area contributed by atoms with Crippen molar-refractivity contribution in [3.8, 4) is 22.5 Å². The molecule has 2 aromatic carbocycles. The van der Waals surface area contributed by atoms with Gasteiger partial charge in [0.15, 0.2) is 0 Å². The second kappa shape index (κ2) is 12.3. The van der Waals surface area contributed by atoms with Crippen LogP contribution in [0.5, 0.6) is 0 Å². The zero-order chi connectivity index (χ0) is 35.4. The van der Waals surface area contributed by atoms with Crippen LogP contribution in [0.1, 0.15) is 74.0 Å². The lowest BCUT2D eigenvalue weighted by atomic mass is 9.90. The number of carbonyl (C=O) groups excluding carboxylic acids is 2. The molecular formula is C37H47F2N7O2. The summed E-state index contributed by atoms with van der Waals surface area (Å²) < 4.78 is 30.4. The van der Waals surface area contributed by atoms with E-state index in [1.165, 1.54) is 24.3 Å². The monoisotopic (exact) mass is 659 g/mol. The van der Waals surface area contributed by atoms with Gasteiger partial charge < -0.3 is 24.7 Å². The summed E-state index contributed by atoms with van der Waals surface area (Å²) in [5.74, 6) is 1.18. The smallest absolute Gasteiger partial charge is 0.242 e. The summed E-state index contributed by atoms with van der Waals surface area (Å²) in [6, 6.07) is 12.6. The zero-order valence-electron chi connectivity index (χ0n) is 29.4. The third-order valence-electron chi connectivity index (χ3n) is 9.09. The van der Waals surface area contributed by atoms with Gasteiger partial charge in [-0.15, -0.1) is 0 Å². The Hall–Kier alpha value is -4.38. The highest BCUT2D eigenvalue weighted by molar-refractivity contribution is 5.86. The molecule has 0 aliphatic carbocycles. The third-order valence-corrected chi connectivity index (χ3v) is 9.09. The largest absolute Gasteiger partial charge is 0.331 e. The van der Waals surface area contributed by atoms with E-state index in [9.17, 15) is 18.4 Å². The number of amides is 2. The number of nitrogens with zero attached hydrogens (tertiary/aromatic N) is 6. The minimum absolute atomic E-state index is 0.0925. The fourth-order valence-corrected chi connectivity index (χ4v) is 6.35. The summed E-state index contributed by atoms with van der Waals surface area (Å²) in [4.78, 5) is 38.7. The Bertz CT molecular complexity index is 1670. The van der Waals surface area contributed by atoms with Crippen LogP contribution in [0.4, 0.5) is 8.78 Å². The molecule has 0 fully saturated rings. The molecule has 2 aliphatic heterocycles. The first-order chi connectivity index (χ1) is 22.2.